The van der Waals surface area contributed by atoms with Crippen LogP contribution >= 0.6 is 11.3 Å². The number of hydrogen-bond donors (Lipinski definition) is 0. The molecule has 78 valence electrons. The van der Waals surface area contributed by atoms with E-state index in [0.29, 0.717) is 12.2 Å². The maximum Gasteiger partial charge on any atom is 0.198 e. The molecule has 0 atom stereocenters. The highest BCUT2D eigenvalue weighted by Crippen LogP contribution is 2.15. The number of furan rings is 1. The summed E-state index contributed by atoms with van der Waals surface area (Å²) in [5.41, 5.74) is 0.922. The summed E-state index contributed by atoms with van der Waals surface area (Å²) in [6.07, 6.45) is 2.89. The molecule has 0 amide bonds. The summed E-state index contributed by atoms with van der Waals surface area (Å²) in [4.78, 5) is 13.0. The third-order valence-electron chi connectivity index (χ3n) is 2.29. The first-order chi connectivity index (χ1) is 7.27. The van der Waals surface area contributed by atoms with Gasteiger partial charge in [-0.05, 0) is 36.4 Å². The van der Waals surface area contributed by atoms with Gasteiger partial charge in [0.05, 0.1) is 6.26 Å². The molecule has 2 rings (SSSR count). The van der Waals surface area contributed by atoms with Crippen molar-refractivity contribution in [1.82, 2.24) is 0 Å². The predicted molar refractivity (Wildman–Crippen MR) is 60.4 cm³/mol. The van der Waals surface area contributed by atoms with E-state index >= 15 is 0 Å². The molecule has 0 unspecified atom stereocenters. The molecule has 0 radical (unpaired) electrons. The molecular formula is C12H12O2S. The molecule has 0 saturated heterocycles. The largest absolute Gasteiger partial charge is 0.461 e. The Hall–Kier alpha value is -1.35. The van der Waals surface area contributed by atoms with Crippen molar-refractivity contribution in [3.63, 3.8) is 0 Å². The van der Waals surface area contributed by atoms with Gasteiger partial charge in [0.25, 0.3) is 0 Å². The maximum absolute atomic E-state index is 11.7. The van der Waals surface area contributed by atoms with Crippen LogP contribution in [0.2, 0.25) is 0 Å². The molecule has 2 aromatic rings. The van der Waals surface area contributed by atoms with Crippen LogP contribution in [0.3, 0.4) is 0 Å². The summed E-state index contributed by atoms with van der Waals surface area (Å²) in [7, 11) is 0. The Morgan fingerprint density at radius 1 is 1.47 bits per heavy atom. The van der Waals surface area contributed by atoms with Gasteiger partial charge in [-0.3, -0.25) is 4.79 Å². The van der Waals surface area contributed by atoms with E-state index in [2.05, 4.69) is 0 Å². The lowest BCUT2D eigenvalue weighted by atomic mass is 10.1. The minimum absolute atomic E-state index is 0.0888. The zero-order valence-electron chi connectivity index (χ0n) is 8.53. The number of ketones is 1. The number of carbonyl (C=O) groups excluding carboxylic acids is 1. The molecular weight excluding hydrogens is 208 g/mol. The van der Waals surface area contributed by atoms with Crippen LogP contribution < -0.4 is 0 Å². The highest BCUT2D eigenvalue weighted by molar-refractivity contribution is 7.09. The average Bonchev–Trinajstić information content (AvgIpc) is 2.84. The van der Waals surface area contributed by atoms with Crippen molar-refractivity contribution < 1.29 is 9.21 Å². The second kappa shape index (κ2) is 4.45. The monoisotopic (exact) mass is 220 g/mol. The molecule has 2 aromatic heterocycles. The summed E-state index contributed by atoms with van der Waals surface area (Å²) < 4.78 is 5.15. The number of carbonyl (C=O) groups is 1. The minimum atomic E-state index is 0.0888. The highest BCUT2D eigenvalue weighted by atomic mass is 32.1. The van der Waals surface area contributed by atoms with E-state index in [4.69, 9.17) is 4.42 Å². The van der Waals surface area contributed by atoms with Crippen molar-refractivity contribution in [3.8, 4) is 0 Å². The first kappa shape index (κ1) is 10.2. The number of hydrogen-bond acceptors (Lipinski definition) is 3. The summed E-state index contributed by atoms with van der Waals surface area (Å²) in [5.74, 6) is 0.595. The zero-order valence-corrected chi connectivity index (χ0v) is 9.34. The van der Waals surface area contributed by atoms with E-state index in [9.17, 15) is 4.79 Å². The van der Waals surface area contributed by atoms with Crippen LogP contribution in [0.15, 0.2) is 34.3 Å². The van der Waals surface area contributed by atoms with Crippen LogP contribution in [0.25, 0.3) is 0 Å². The van der Waals surface area contributed by atoms with Crippen molar-refractivity contribution in [2.24, 2.45) is 0 Å². The van der Waals surface area contributed by atoms with Crippen molar-refractivity contribution in [2.75, 3.05) is 0 Å². The van der Waals surface area contributed by atoms with Gasteiger partial charge in [-0.25, -0.2) is 0 Å². The quantitative estimate of drug-likeness (QED) is 0.738. The van der Waals surface area contributed by atoms with Gasteiger partial charge in [-0.1, -0.05) is 6.07 Å². The number of rotatable bonds is 4. The van der Waals surface area contributed by atoms with E-state index in [1.54, 1.807) is 17.6 Å². The molecule has 0 aliphatic rings. The van der Waals surface area contributed by atoms with E-state index in [1.807, 2.05) is 30.5 Å². The molecule has 0 spiro atoms. The van der Waals surface area contributed by atoms with Crippen LogP contribution in [0.5, 0.6) is 0 Å². The average molecular weight is 220 g/mol. The fraction of sp³-hybridized carbons (Fsp3) is 0.250. The summed E-state index contributed by atoms with van der Waals surface area (Å²) in [6, 6.07) is 5.87. The van der Waals surface area contributed by atoms with Crippen molar-refractivity contribution in [1.29, 1.82) is 0 Å². The molecule has 0 saturated carbocycles. The van der Waals surface area contributed by atoms with Crippen LogP contribution in [-0.4, -0.2) is 5.78 Å². The van der Waals surface area contributed by atoms with Gasteiger partial charge < -0.3 is 4.42 Å². The third kappa shape index (κ3) is 2.36. The van der Waals surface area contributed by atoms with Gasteiger partial charge >= 0.3 is 0 Å². The molecule has 0 fully saturated rings. The Bertz CT molecular complexity index is 440. The SMILES string of the molecule is Cc1ccoc1C(=O)CCc1cccs1. The molecule has 2 heterocycles. The fourth-order valence-corrected chi connectivity index (χ4v) is 2.17. The molecule has 0 aliphatic carbocycles. The van der Waals surface area contributed by atoms with E-state index in [1.165, 1.54) is 4.88 Å². The molecule has 0 bridgehead atoms. The van der Waals surface area contributed by atoms with Crippen LogP contribution in [-0.2, 0) is 6.42 Å². The lowest BCUT2D eigenvalue weighted by Crippen LogP contribution is -2.00. The lowest BCUT2D eigenvalue weighted by Gasteiger charge is -1.97. The van der Waals surface area contributed by atoms with Crippen LogP contribution in [0.4, 0.5) is 0 Å². The maximum atomic E-state index is 11.7. The van der Waals surface area contributed by atoms with Crippen LogP contribution in [0.1, 0.15) is 27.4 Å². The first-order valence-corrected chi connectivity index (χ1v) is 5.75. The molecule has 0 aromatic carbocycles. The van der Waals surface area contributed by atoms with Crippen molar-refractivity contribution in [2.45, 2.75) is 19.8 Å². The Morgan fingerprint density at radius 2 is 2.33 bits per heavy atom. The lowest BCUT2D eigenvalue weighted by molar-refractivity contribution is 0.0955. The molecule has 15 heavy (non-hydrogen) atoms. The second-order valence-electron chi connectivity index (χ2n) is 3.44. The Balaban J connectivity index is 1.96. The van der Waals surface area contributed by atoms with E-state index in [0.717, 1.165) is 12.0 Å². The molecule has 2 nitrogen and oxygen atoms in total. The van der Waals surface area contributed by atoms with E-state index in [-0.39, 0.29) is 5.78 Å². The predicted octanol–water partition coefficient (Wildman–Crippen LogP) is 3.47. The van der Waals surface area contributed by atoms with Gasteiger partial charge in [0.15, 0.2) is 11.5 Å². The Kier molecular flexibility index (Phi) is 3.02. The molecule has 3 heteroatoms. The van der Waals surface area contributed by atoms with E-state index < -0.39 is 0 Å². The second-order valence-corrected chi connectivity index (χ2v) is 4.47. The van der Waals surface area contributed by atoms with Crippen molar-refractivity contribution >= 4 is 17.1 Å². The van der Waals surface area contributed by atoms with Gasteiger partial charge in [0.1, 0.15) is 0 Å². The normalized spacial score (nSPS) is 10.5. The molecule has 0 N–H and O–H groups in total. The Morgan fingerprint density at radius 3 is 2.93 bits per heavy atom. The molecule has 0 aliphatic heterocycles. The third-order valence-corrected chi connectivity index (χ3v) is 3.23. The topological polar surface area (TPSA) is 30.2 Å². The summed E-state index contributed by atoms with van der Waals surface area (Å²) in [6.45, 7) is 1.89. The number of thiophene rings is 1. The highest BCUT2D eigenvalue weighted by Gasteiger charge is 2.12. The van der Waals surface area contributed by atoms with Gasteiger partial charge in [0.2, 0.25) is 0 Å². The Labute approximate surface area is 92.5 Å². The fourth-order valence-electron chi connectivity index (χ4n) is 1.46. The van der Waals surface area contributed by atoms with Crippen molar-refractivity contribution in [3.05, 3.63) is 46.0 Å². The first-order valence-electron chi connectivity index (χ1n) is 4.87. The number of aryl methyl sites for hydroxylation is 2. The zero-order chi connectivity index (χ0) is 10.7. The standard InChI is InChI=1S/C12H12O2S/c1-9-6-7-14-12(9)11(13)5-4-10-3-2-8-15-10/h2-3,6-8H,4-5H2,1H3. The van der Waals surface area contributed by atoms with Gasteiger partial charge in [-0.15, -0.1) is 11.3 Å². The van der Waals surface area contributed by atoms with Gasteiger partial charge in [-0.2, -0.15) is 0 Å². The summed E-state index contributed by atoms with van der Waals surface area (Å²) in [5, 5.41) is 2.03. The minimum Gasteiger partial charge on any atom is -0.461 e. The van der Waals surface area contributed by atoms with Gasteiger partial charge in [0, 0.05) is 11.3 Å². The van der Waals surface area contributed by atoms with Crippen LogP contribution in [0, 0.1) is 6.92 Å². The smallest absolute Gasteiger partial charge is 0.198 e. The summed E-state index contributed by atoms with van der Waals surface area (Å²) >= 11 is 1.68. The number of Topliss-reactive ketones (excluding diaryl/α,β-unsaturated/α-hetero) is 1.